The van der Waals surface area contributed by atoms with Crippen LogP contribution in [0.3, 0.4) is 0 Å². The largest absolute Gasteiger partial charge is 0.356 e. The van der Waals surface area contributed by atoms with Gasteiger partial charge in [-0.15, -0.1) is 0 Å². The second-order valence-electron chi connectivity index (χ2n) is 7.40. The Hall–Kier alpha value is -2.73. The smallest absolute Gasteiger partial charge is 0.277 e. The minimum Gasteiger partial charge on any atom is -0.356 e. The number of halogens is 1. The van der Waals surface area contributed by atoms with Gasteiger partial charge in [0.1, 0.15) is 5.82 Å². The molecule has 1 aliphatic carbocycles. The molecule has 5 nitrogen and oxygen atoms in total. The van der Waals surface area contributed by atoms with Crippen LogP contribution in [0.5, 0.6) is 0 Å². The number of hydrogen-bond acceptors (Lipinski definition) is 3. The maximum atomic E-state index is 13.7. The molecule has 0 saturated carbocycles. The van der Waals surface area contributed by atoms with E-state index in [0.29, 0.717) is 17.0 Å². The van der Waals surface area contributed by atoms with Crippen molar-refractivity contribution in [1.29, 1.82) is 0 Å². The number of amides is 2. The van der Waals surface area contributed by atoms with E-state index in [1.807, 2.05) is 6.07 Å². The molecule has 1 aliphatic heterocycles. The molecule has 140 valence electrons. The molecule has 0 radical (unpaired) electrons. The summed E-state index contributed by atoms with van der Waals surface area (Å²) in [5.74, 6) is -0.908. The predicted octanol–water partition coefficient (Wildman–Crippen LogP) is 2.85. The highest BCUT2D eigenvalue weighted by Gasteiger charge is 2.44. The maximum absolute atomic E-state index is 13.7. The van der Waals surface area contributed by atoms with Gasteiger partial charge in [0.25, 0.3) is 5.91 Å². The Balaban J connectivity index is 1.51. The molecule has 1 spiro atoms. The van der Waals surface area contributed by atoms with Gasteiger partial charge in [0, 0.05) is 17.7 Å². The van der Waals surface area contributed by atoms with Crippen LogP contribution in [0.25, 0.3) is 0 Å². The zero-order chi connectivity index (χ0) is 19.0. The molecule has 6 heteroatoms. The lowest BCUT2D eigenvalue weighted by atomic mass is 9.70. The standard InChI is InChI=1S/C21H21FN2O3/c22-18-4-2-1-3-17(18)13-24(27)19(25)15-5-6-16-12-21(8-7-14(16)11-15)9-10-23-20(21)26/h1-6,11,27H,7-10,12-13H2,(H,23,26)/t21-/m1/s1. The van der Waals surface area contributed by atoms with Crippen molar-refractivity contribution in [2.24, 2.45) is 5.41 Å². The molecule has 1 atom stereocenters. The molecule has 2 amide bonds. The van der Waals surface area contributed by atoms with Crippen molar-refractivity contribution in [3.8, 4) is 0 Å². The Morgan fingerprint density at radius 1 is 1.19 bits per heavy atom. The average molecular weight is 368 g/mol. The van der Waals surface area contributed by atoms with Gasteiger partial charge < -0.3 is 5.32 Å². The van der Waals surface area contributed by atoms with Crippen LogP contribution in [-0.2, 0) is 24.2 Å². The van der Waals surface area contributed by atoms with E-state index >= 15 is 0 Å². The number of carbonyl (C=O) groups is 2. The zero-order valence-electron chi connectivity index (χ0n) is 14.9. The normalized spacial score (nSPS) is 21.0. The molecule has 2 N–H and O–H groups in total. The molecular formula is C21H21FN2O3. The first-order valence-electron chi connectivity index (χ1n) is 9.13. The first-order chi connectivity index (χ1) is 13.0. The van der Waals surface area contributed by atoms with E-state index < -0.39 is 11.7 Å². The topological polar surface area (TPSA) is 69.6 Å². The van der Waals surface area contributed by atoms with Crippen LogP contribution < -0.4 is 5.32 Å². The Morgan fingerprint density at radius 3 is 2.74 bits per heavy atom. The molecule has 27 heavy (non-hydrogen) atoms. The van der Waals surface area contributed by atoms with Gasteiger partial charge >= 0.3 is 0 Å². The SMILES string of the molecule is O=C(c1ccc2c(c1)CC[C@@]1(CCNC1=O)C2)N(O)Cc1ccccc1F. The molecule has 0 aromatic heterocycles. The van der Waals surface area contributed by atoms with Gasteiger partial charge in [0.2, 0.25) is 5.91 Å². The summed E-state index contributed by atoms with van der Waals surface area (Å²) in [5, 5.41) is 13.6. The molecule has 1 fully saturated rings. The van der Waals surface area contributed by atoms with Crippen molar-refractivity contribution < 1.29 is 19.2 Å². The van der Waals surface area contributed by atoms with Crippen LogP contribution in [0, 0.1) is 11.2 Å². The van der Waals surface area contributed by atoms with Gasteiger partial charge in [0.15, 0.2) is 0 Å². The van der Waals surface area contributed by atoms with E-state index in [1.165, 1.54) is 12.1 Å². The van der Waals surface area contributed by atoms with E-state index in [4.69, 9.17) is 0 Å². The van der Waals surface area contributed by atoms with E-state index in [1.54, 1.807) is 24.3 Å². The maximum Gasteiger partial charge on any atom is 0.277 e. The number of aryl methyl sites for hydroxylation is 1. The van der Waals surface area contributed by atoms with Gasteiger partial charge in [-0.3, -0.25) is 14.8 Å². The summed E-state index contributed by atoms with van der Waals surface area (Å²) in [6.45, 7) is 0.506. The summed E-state index contributed by atoms with van der Waals surface area (Å²) in [6.07, 6.45) is 3.02. The van der Waals surface area contributed by atoms with Crippen molar-refractivity contribution in [3.63, 3.8) is 0 Å². The number of hydroxylamine groups is 2. The molecule has 4 rings (SSSR count). The van der Waals surface area contributed by atoms with Crippen LogP contribution in [0.1, 0.15) is 39.9 Å². The monoisotopic (exact) mass is 368 g/mol. The summed E-state index contributed by atoms with van der Waals surface area (Å²) >= 11 is 0. The van der Waals surface area contributed by atoms with Crippen molar-refractivity contribution in [2.75, 3.05) is 6.54 Å². The van der Waals surface area contributed by atoms with Crippen molar-refractivity contribution in [3.05, 3.63) is 70.5 Å². The molecule has 0 bridgehead atoms. The van der Waals surface area contributed by atoms with Gasteiger partial charge in [-0.1, -0.05) is 24.3 Å². The third-order valence-corrected chi connectivity index (χ3v) is 5.74. The quantitative estimate of drug-likeness (QED) is 0.647. The summed E-state index contributed by atoms with van der Waals surface area (Å²) in [5.41, 5.74) is 2.41. The number of rotatable bonds is 3. The van der Waals surface area contributed by atoms with Crippen LogP contribution in [0.4, 0.5) is 4.39 Å². The Kier molecular flexibility index (Phi) is 4.44. The Bertz CT molecular complexity index is 914. The summed E-state index contributed by atoms with van der Waals surface area (Å²) in [6, 6.07) is 11.4. The second kappa shape index (κ2) is 6.78. The van der Waals surface area contributed by atoms with Crippen molar-refractivity contribution in [2.45, 2.75) is 32.2 Å². The minimum atomic E-state index is -0.569. The van der Waals surface area contributed by atoms with Gasteiger partial charge in [-0.25, -0.2) is 9.45 Å². The number of nitrogens with one attached hydrogen (secondary N) is 1. The molecule has 1 saturated heterocycles. The van der Waals surface area contributed by atoms with Crippen LogP contribution in [0.15, 0.2) is 42.5 Å². The average Bonchev–Trinajstić information content (AvgIpc) is 3.02. The van der Waals surface area contributed by atoms with Crippen molar-refractivity contribution >= 4 is 11.8 Å². The lowest BCUT2D eigenvalue weighted by molar-refractivity contribution is -0.128. The summed E-state index contributed by atoms with van der Waals surface area (Å²) in [7, 11) is 0. The van der Waals surface area contributed by atoms with Crippen LogP contribution in [0.2, 0.25) is 0 Å². The molecule has 2 aromatic carbocycles. The van der Waals surface area contributed by atoms with Gasteiger partial charge in [0.05, 0.1) is 12.0 Å². The number of carbonyl (C=O) groups excluding carboxylic acids is 2. The Morgan fingerprint density at radius 2 is 2.00 bits per heavy atom. The fourth-order valence-electron chi connectivity index (χ4n) is 4.12. The third-order valence-electron chi connectivity index (χ3n) is 5.74. The highest BCUT2D eigenvalue weighted by Crippen LogP contribution is 2.41. The van der Waals surface area contributed by atoms with E-state index in [0.717, 1.165) is 36.9 Å². The van der Waals surface area contributed by atoms with Gasteiger partial charge in [-0.05, 0) is 55.0 Å². The zero-order valence-corrected chi connectivity index (χ0v) is 14.9. The molecule has 2 aliphatic rings. The van der Waals surface area contributed by atoms with E-state index in [2.05, 4.69) is 5.32 Å². The number of nitrogens with zero attached hydrogens (tertiary/aromatic N) is 1. The second-order valence-corrected chi connectivity index (χ2v) is 7.40. The number of benzene rings is 2. The molecule has 1 heterocycles. The lowest BCUT2D eigenvalue weighted by Gasteiger charge is -2.32. The highest BCUT2D eigenvalue weighted by atomic mass is 19.1. The van der Waals surface area contributed by atoms with Gasteiger partial charge in [-0.2, -0.15) is 0 Å². The number of fused-ring (bicyclic) bond motifs is 1. The lowest BCUT2D eigenvalue weighted by Crippen LogP contribution is -2.36. The summed E-state index contributed by atoms with van der Waals surface area (Å²) in [4.78, 5) is 24.7. The molecular weight excluding hydrogens is 347 g/mol. The predicted molar refractivity (Wildman–Crippen MR) is 96.6 cm³/mol. The molecule has 2 aromatic rings. The van der Waals surface area contributed by atoms with Crippen LogP contribution >= 0.6 is 0 Å². The summed E-state index contributed by atoms with van der Waals surface area (Å²) < 4.78 is 13.7. The third kappa shape index (κ3) is 3.21. The fraction of sp³-hybridized carbons (Fsp3) is 0.333. The van der Waals surface area contributed by atoms with Crippen molar-refractivity contribution in [1.82, 2.24) is 10.4 Å². The van der Waals surface area contributed by atoms with Crippen LogP contribution in [-0.4, -0.2) is 28.6 Å². The fourth-order valence-corrected chi connectivity index (χ4v) is 4.12. The first kappa shape index (κ1) is 17.7. The Labute approximate surface area is 156 Å². The first-order valence-corrected chi connectivity index (χ1v) is 9.13. The molecule has 0 unspecified atom stereocenters. The van der Waals surface area contributed by atoms with E-state index in [9.17, 15) is 19.2 Å². The highest BCUT2D eigenvalue weighted by molar-refractivity contribution is 5.94. The van der Waals surface area contributed by atoms with E-state index in [-0.39, 0.29) is 23.4 Å². The number of hydrogen-bond donors (Lipinski definition) is 2. The minimum absolute atomic E-state index is 0.125.